The zero-order chi connectivity index (χ0) is 20.6. The largest absolute Gasteiger partial charge is 0.496 e. The van der Waals surface area contributed by atoms with Crippen molar-refractivity contribution in [1.29, 1.82) is 0 Å². The number of para-hydroxylation sites is 1. The minimum atomic E-state index is -3.78. The smallest absolute Gasteiger partial charge is 0.243 e. The highest BCUT2D eigenvalue weighted by atomic mass is 32.2. The summed E-state index contributed by atoms with van der Waals surface area (Å²) < 4.78 is 37.4. The minimum Gasteiger partial charge on any atom is -0.496 e. The van der Waals surface area contributed by atoms with Gasteiger partial charge in [-0.1, -0.05) is 25.1 Å². The topological polar surface area (TPSA) is 84.9 Å². The van der Waals surface area contributed by atoms with Gasteiger partial charge in [0.15, 0.2) is 0 Å². The molecule has 2 aromatic rings. The highest BCUT2D eigenvalue weighted by Crippen LogP contribution is 2.20. The average molecular weight is 407 g/mol. The maximum atomic E-state index is 12.8. The van der Waals surface area contributed by atoms with E-state index in [1.807, 2.05) is 25.1 Å². The van der Waals surface area contributed by atoms with Crippen LogP contribution < -0.4 is 14.8 Å². The highest BCUT2D eigenvalue weighted by molar-refractivity contribution is 7.89. The Labute approximate surface area is 166 Å². The van der Waals surface area contributed by atoms with Crippen molar-refractivity contribution >= 4 is 15.9 Å². The zero-order valence-corrected chi connectivity index (χ0v) is 17.2. The molecule has 0 bridgehead atoms. The van der Waals surface area contributed by atoms with Gasteiger partial charge in [-0.2, -0.15) is 4.31 Å². The number of rotatable bonds is 10. The van der Waals surface area contributed by atoms with Gasteiger partial charge in [-0.15, -0.1) is 0 Å². The quantitative estimate of drug-likeness (QED) is 0.655. The van der Waals surface area contributed by atoms with Gasteiger partial charge in [-0.25, -0.2) is 8.42 Å². The molecule has 0 radical (unpaired) electrons. The van der Waals surface area contributed by atoms with Gasteiger partial charge in [0.05, 0.1) is 25.2 Å². The lowest BCUT2D eigenvalue weighted by Crippen LogP contribution is -2.40. The second-order valence-corrected chi connectivity index (χ2v) is 7.86. The molecule has 0 heterocycles. The molecule has 28 heavy (non-hydrogen) atoms. The lowest BCUT2D eigenvalue weighted by atomic mass is 10.2. The summed E-state index contributed by atoms with van der Waals surface area (Å²) in [4.78, 5) is 12.4. The molecule has 0 aliphatic rings. The third-order valence-corrected chi connectivity index (χ3v) is 6.05. The van der Waals surface area contributed by atoms with Crippen LogP contribution in [0.3, 0.4) is 0 Å². The Morgan fingerprint density at radius 3 is 2.36 bits per heavy atom. The molecule has 8 heteroatoms. The molecule has 0 aliphatic heterocycles. The second kappa shape index (κ2) is 10.1. The van der Waals surface area contributed by atoms with Gasteiger partial charge in [0, 0.05) is 18.7 Å². The van der Waals surface area contributed by atoms with Crippen LogP contribution in [0.4, 0.5) is 0 Å². The fourth-order valence-electron chi connectivity index (χ4n) is 2.65. The number of ether oxygens (including phenoxy) is 2. The molecule has 0 spiro atoms. The van der Waals surface area contributed by atoms with E-state index in [1.54, 1.807) is 32.2 Å². The molecule has 2 rings (SSSR count). The lowest BCUT2D eigenvalue weighted by Gasteiger charge is -2.20. The van der Waals surface area contributed by atoms with Gasteiger partial charge in [-0.05, 0) is 37.3 Å². The summed E-state index contributed by atoms with van der Waals surface area (Å²) in [6.07, 6.45) is 0. The SMILES string of the molecule is CCOc1ccc(S(=O)(=O)N(CC)CC(=O)NCc2ccccc2OC)cc1. The third-order valence-electron chi connectivity index (χ3n) is 4.11. The molecule has 0 unspecified atom stereocenters. The summed E-state index contributed by atoms with van der Waals surface area (Å²) in [5.74, 6) is 0.874. The molecule has 7 nitrogen and oxygen atoms in total. The number of carbonyl (C=O) groups is 1. The van der Waals surface area contributed by atoms with Gasteiger partial charge >= 0.3 is 0 Å². The first-order chi connectivity index (χ1) is 13.4. The normalized spacial score (nSPS) is 11.3. The van der Waals surface area contributed by atoms with Gasteiger partial charge in [0.25, 0.3) is 0 Å². The third kappa shape index (κ3) is 5.46. The Morgan fingerprint density at radius 1 is 1.07 bits per heavy atom. The van der Waals surface area contributed by atoms with Gasteiger partial charge in [-0.3, -0.25) is 4.79 Å². The number of hydrogen-bond acceptors (Lipinski definition) is 5. The van der Waals surface area contributed by atoms with Gasteiger partial charge in [0.2, 0.25) is 15.9 Å². The van der Waals surface area contributed by atoms with E-state index in [2.05, 4.69) is 5.32 Å². The van der Waals surface area contributed by atoms with E-state index in [1.165, 1.54) is 12.1 Å². The monoisotopic (exact) mass is 406 g/mol. The molecule has 0 fully saturated rings. The van der Waals surface area contributed by atoms with Crippen LogP contribution >= 0.6 is 0 Å². The number of nitrogens with one attached hydrogen (secondary N) is 1. The van der Waals surface area contributed by atoms with Crippen molar-refractivity contribution in [2.75, 3.05) is 26.8 Å². The van der Waals surface area contributed by atoms with Crippen LogP contribution in [-0.2, 0) is 21.4 Å². The molecule has 0 saturated carbocycles. The van der Waals surface area contributed by atoms with Crippen molar-refractivity contribution in [1.82, 2.24) is 9.62 Å². The number of carbonyl (C=O) groups excluding carboxylic acids is 1. The first-order valence-corrected chi connectivity index (χ1v) is 10.5. The predicted molar refractivity (Wildman–Crippen MR) is 107 cm³/mol. The van der Waals surface area contributed by atoms with Crippen LogP contribution in [0, 0.1) is 0 Å². The molecule has 0 aliphatic carbocycles. The van der Waals surface area contributed by atoms with E-state index in [4.69, 9.17) is 9.47 Å². The summed E-state index contributed by atoms with van der Waals surface area (Å²) in [6, 6.07) is 13.5. The maximum absolute atomic E-state index is 12.8. The predicted octanol–water partition coefficient (Wildman–Crippen LogP) is 2.42. The van der Waals surface area contributed by atoms with Crippen LogP contribution in [0.25, 0.3) is 0 Å². The molecule has 1 N–H and O–H groups in total. The fourth-order valence-corrected chi connectivity index (χ4v) is 4.05. The lowest BCUT2D eigenvalue weighted by molar-refractivity contribution is -0.121. The molecule has 1 amide bonds. The number of hydrogen-bond donors (Lipinski definition) is 1. The van der Waals surface area contributed by atoms with Crippen molar-refractivity contribution in [2.45, 2.75) is 25.3 Å². The second-order valence-electron chi connectivity index (χ2n) is 5.92. The number of amides is 1. The standard InChI is InChI=1S/C20H26N2O5S/c1-4-22(28(24,25)18-12-10-17(11-13-18)27-5-2)15-20(23)21-14-16-8-6-7-9-19(16)26-3/h6-13H,4-5,14-15H2,1-3H3,(H,21,23). The molecule has 0 aromatic heterocycles. The average Bonchev–Trinajstić information content (AvgIpc) is 2.71. The van der Waals surface area contributed by atoms with Crippen molar-refractivity contribution < 1.29 is 22.7 Å². The molecular formula is C20H26N2O5S. The summed E-state index contributed by atoms with van der Waals surface area (Å²) >= 11 is 0. The first-order valence-electron chi connectivity index (χ1n) is 9.04. The van der Waals surface area contributed by atoms with Crippen LogP contribution in [0.5, 0.6) is 11.5 Å². The minimum absolute atomic E-state index is 0.121. The number of methoxy groups -OCH3 is 1. The zero-order valence-electron chi connectivity index (χ0n) is 16.3. The summed E-state index contributed by atoms with van der Waals surface area (Å²) in [5, 5.41) is 2.74. The van der Waals surface area contributed by atoms with Crippen molar-refractivity contribution in [3.63, 3.8) is 0 Å². The Morgan fingerprint density at radius 2 is 1.75 bits per heavy atom. The maximum Gasteiger partial charge on any atom is 0.243 e. The molecule has 0 atom stereocenters. The summed E-state index contributed by atoms with van der Waals surface area (Å²) in [6.45, 7) is 4.22. The van der Waals surface area contributed by atoms with Crippen molar-refractivity contribution in [3.8, 4) is 11.5 Å². The van der Waals surface area contributed by atoms with Crippen LogP contribution in [0.15, 0.2) is 53.4 Å². The van der Waals surface area contributed by atoms with E-state index in [0.29, 0.717) is 18.1 Å². The Balaban J connectivity index is 2.04. The molecule has 0 saturated heterocycles. The number of nitrogens with zero attached hydrogens (tertiary/aromatic N) is 1. The Bertz CT molecular complexity index is 882. The van der Waals surface area contributed by atoms with Crippen molar-refractivity contribution in [3.05, 3.63) is 54.1 Å². The molecule has 2 aromatic carbocycles. The van der Waals surface area contributed by atoms with E-state index in [9.17, 15) is 13.2 Å². The number of likely N-dealkylation sites (N-methyl/N-ethyl adjacent to an activating group) is 1. The Hall–Kier alpha value is -2.58. The van der Waals surface area contributed by atoms with E-state index in [-0.39, 0.29) is 30.4 Å². The Kier molecular flexibility index (Phi) is 7.83. The van der Waals surface area contributed by atoms with E-state index >= 15 is 0 Å². The fraction of sp³-hybridized carbons (Fsp3) is 0.350. The number of benzene rings is 2. The van der Waals surface area contributed by atoms with Gasteiger partial charge in [0.1, 0.15) is 11.5 Å². The van der Waals surface area contributed by atoms with Crippen molar-refractivity contribution in [2.24, 2.45) is 0 Å². The van der Waals surface area contributed by atoms with Crippen LogP contribution in [-0.4, -0.2) is 45.4 Å². The van der Waals surface area contributed by atoms with Crippen LogP contribution in [0.1, 0.15) is 19.4 Å². The first kappa shape index (κ1) is 21.7. The molecule has 152 valence electrons. The number of sulfonamides is 1. The summed E-state index contributed by atoms with van der Waals surface area (Å²) in [7, 11) is -2.22. The highest BCUT2D eigenvalue weighted by Gasteiger charge is 2.25. The summed E-state index contributed by atoms with van der Waals surface area (Å²) in [5.41, 5.74) is 0.816. The van der Waals surface area contributed by atoms with Crippen LogP contribution in [0.2, 0.25) is 0 Å². The van der Waals surface area contributed by atoms with Gasteiger partial charge < -0.3 is 14.8 Å². The van der Waals surface area contributed by atoms with E-state index < -0.39 is 10.0 Å². The molecular weight excluding hydrogens is 380 g/mol. The van der Waals surface area contributed by atoms with E-state index in [0.717, 1.165) is 9.87 Å².